The number of hydrogen-bond acceptors (Lipinski definition) is 3. The van der Waals surface area contributed by atoms with Crippen molar-refractivity contribution < 1.29 is 19.1 Å². The number of carbonyl (C=O) groups excluding carboxylic acids is 1. The number of carbonyl (C=O) groups is 2. The van der Waals surface area contributed by atoms with Crippen LogP contribution in [0.2, 0.25) is 0 Å². The first-order valence-corrected chi connectivity index (χ1v) is 12.2. The molecule has 1 amide bonds. The molecule has 1 fully saturated rings. The van der Waals surface area contributed by atoms with E-state index in [4.69, 9.17) is 5.11 Å². The Balaban J connectivity index is 0. The molecule has 0 saturated carbocycles. The number of halogens is 1. The number of hydrogen-bond donors (Lipinski definition) is 1. The zero-order valence-corrected chi connectivity index (χ0v) is 20.9. The van der Waals surface area contributed by atoms with Crippen LogP contribution in [0.5, 0.6) is 0 Å². The van der Waals surface area contributed by atoms with Crippen LogP contribution in [0.1, 0.15) is 60.5 Å². The minimum atomic E-state index is -0.975. The SMILES string of the molecule is C/C=C/c1ccccc1.CC.CC.CCC(C(=O)N1CSCC1C(=O)O)C(C)/C=C/F. The fourth-order valence-corrected chi connectivity index (χ4v) is 4.01. The molecular formula is C25H40FNO3S. The highest BCUT2D eigenvalue weighted by molar-refractivity contribution is 7.99. The van der Waals surface area contributed by atoms with E-state index in [2.05, 4.69) is 18.2 Å². The van der Waals surface area contributed by atoms with E-state index in [-0.39, 0.29) is 17.7 Å². The van der Waals surface area contributed by atoms with Crippen LogP contribution in [0.25, 0.3) is 6.08 Å². The van der Waals surface area contributed by atoms with E-state index in [0.29, 0.717) is 24.4 Å². The van der Waals surface area contributed by atoms with Crippen LogP contribution in [-0.2, 0) is 9.59 Å². The van der Waals surface area contributed by atoms with E-state index >= 15 is 0 Å². The Bertz CT molecular complexity index is 649. The zero-order chi connectivity index (χ0) is 24.2. The van der Waals surface area contributed by atoms with Gasteiger partial charge in [-0.2, -0.15) is 0 Å². The Morgan fingerprint density at radius 2 is 1.81 bits per heavy atom. The molecule has 3 atom stereocenters. The Labute approximate surface area is 192 Å². The van der Waals surface area contributed by atoms with Crippen molar-refractivity contribution in [3.05, 3.63) is 54.4 Å². The van der Waals surface area contributed by atoms with Gasteiger partial charge in [-0.1, -0.05) is 90.1 Å². The van der Waals surface area contributed by atoms with Crippen molar-refractivity contribution >= 4 is 29.7 Å². The summed E-state index contributed by atoms with van der Waals surface area (Å²) in [7, 11) is 0. The zero-order valence-electron chi connectivity index (χ0n) is 20.0. The van der Waals surface area contributed by atoms with E-state index in [0.717, 1.165) is 0 Å². The molecule has 1 aliphatic rings. The van der Waals surface area contributed by atoms with E-state index < -0.39 is 12.0 Å². The second-order valence-corrected chi connectivity index (χ2v) is 7.26. The molecule has 1 saturated heterocycles. The molecule has 0 aromatic heterocycles. The van der Waals surface area contributed by atoms with Crippen molar-refractivity contribution in [3.8, 4) is 0 Å². The average molecular weight is 454 g/mol. The van der Waals surface area contributed by atoms with Gasteiger partial charge in [0.05, 0.1) is 12.2 Å². The normalized spacial score (nSPS) is 16.9. The lowest BCUT2D eigenvalue weighted by Gasteiger charge is -2.27. The maximum atomic E-state index is 12.3. The number of rotatable bonds is 6. The molecule has 0 radical (unpaired) electrons. The van der Waals surface area contributed by atoms with Gasteiger partial charge in [-0.3, -0.25) is 4.79 Å². The Kier molecular flexibility index (Phi) is 19.9. The molecule has 0 spiro atoms. The van der Waals surface area contributed by atoms with Gasteiger partial charge in [0.15, 0.2) is 0 Å². The number of aliphatic carboxylic acids is 1. The van der Waals surface area contributed by atoms with Crippen LogP contribution in [0, 0.1) is 11.8 Å². The number of nitrogens with zero attached hydrogens (tertiary/aromatic N) is 1. The molecule has 4 nitrogen and oxygen atoms in total. The maximum absolute atomic E-state index is 12.3. The Hall–Kier alpha value is -2.08. The Morgan fingerprint density at radius 1 is 1.23 bits per heavy atom. The third-order valence-electron chi connectivity index (χ3n) is 4.38. The van der Waals surface area contributed by atoms with Crippen LogP contribution in [0.4, 0.5) is 4.39 Å². The summed E-state index contributed by atoms with van der Waals surface area (Å²) in [5.74, 6) is -0.939. The second-order valence-electron chi connectivity index (χ2n) is 6.26. The summed E-state index contributed by atoms with van der Waals surface area (Å²) < 4.78 is 12.2. The molecule has 1 aromatic rings. The summed E-state index contributed by atoms with van der Waals surface area (Å²) in [5.41, 5.74) is 1.26. The highest BCUT2D eigenvalue weighted by atomic mass is 32.2. The third-order valence-corrected chi connectivity index (χ3v) is 5.39. The molecule has 0 aliphatic carbocycles. The number of carboxylic acids is 1. The first kappa shape index (κ1) is 31.1. The van der Waals surface area contributed by atoms with E-state index in [9.17, 15) is 14.0 Å². The summed E-state index contributed by atoms with van der Waals surface area (Å²) in [4.78, 5) is 24.7. The van der Waals surface area contributed by atoms with Gasteiger partial charge >= 0.3 is 5.97 Å². The highest BCUT2D eigenvalue weighted by Crippen LogP contribution is 2.27. The smallest absolute Gasteiger partial charge is 0.327 e. The van der Waals surface area contributed by atoms with Gasteiger partial charge in [0.25, 0.3) is 0 Å². The Morgan fingerprint density at radius 3 is 2.26 bits per heavy atom. The minimum absolute atomic E-state index is 0.194. The lowest BCUT2D eigenvalue weighted by molar-refractivity contribution is -0.150. The lowest BCUT2D eigenvalue weighted by Crippen LogP contribution is -2.45. The number of benzene rings is 1. The van der Waals surface area contributed by atoms with Gasteiger partial charge in [0, 0.05) is 11.7 Å². The van der Waals surface area contributed by atoms with Crippen molar-refractivity contribution in [1.82, 2.24) is 4.90 Å². The quantitative estimate of drug-likeness (QED) is 0.509. The predicted molar refractivity (Wildman–Crippen MR) is 133 cm³/mol. The summed E-state index contributed by atoms with van der Waals surface area (Å²) in [6.45, 7) is 13.6. The average Bonchev–Trinajstić information content (AvgIpc) is 3.29. The van der Waals surface area contributed by atoms with Crippen LogP contribution >= 0.6 is 11.8 Å². The molecule has 176 valence electrons. The van der Waals surface area contributed by atoms with E-state index in [1.54, 1.807) is 6.92 Å². The van der Waals surface area contributed by atoms with Crippen LogP contribution in [0.3, 0.4) is 0 Å². The van der Waals surface area contributed by atoms with Gasteiger partial charge in [0.2, 0.25) is 5.91 Å². The van der Waals surface area contributed by atoms with Gasteiger partial charge < -0.3 is 10.0 Å². The fourth-order valence-electron chi connectivity index (χ4n) is 2.85. The van der Waals surface area contributed by atoms with Crippen molar-refractivity contribution in [3.63, 3.8) is 0 Å². The monoisotopic (exact) mass is 453 g/mol. The fraction of sp³-hybridized carbons (Fsp3) is 0.520. The lowest BCUT2D eigenvalue weighted by atomic mass is 9.90. The first-order valence-electron chi connectivity index (χ1n) is 11.0. The van der Waals surface area contributed by atoms with Crippen LogP contribution in [-0.4, -0.2) is 39.6 Å². The minimum Gasteiger partial charge on any atom is -0.480 e. The van der Waals surface area contributed by atoms with Gasteiger partial charge in [0.1, 0.15) is 6.04 Å². The molecule has 1 N–H and O–H groups in total. The number of allylic oxidation sites excluding steroid dienone is 2. The standard InChI is InChI=1S/C12H18FNO3S.C9H10.2C2H6/c1-3-9(8(2)4-5-13)11(15)14-7-18-6-10(14)12(16)17;1-2-6-9-7-4-3-5-8-9;2*1-2/h4-5,8-10H,3,6-7H2,1-2H3,(H,16,17);2-8H,1H3;2*1-2H3/b5-4+;6-2+;;. The van der Waals surface area contributed by atoms with E-state index in [1.165, 1.54) is 28.3 Å². The highest BCUT2D eigenvalue weighted by Gasteiger charge is 2.38. The van der Waals surface area contributed by atoms with Gasteiger partial charge in [-0.25, -0.2) is 9.18 Å². The number of thioether (sulfide) groups is 1. The second kappa shape index (κ2) is 19.9. The van der Waals surface area contributed by atoms with Crippen molar-refractivity contribution in [1.29, 1.82) is 0 Å². The molecule has 1 aliphatic heterocycles. The third kappa shape index (κ3) is 11.8. The molecule has 3 unspecified atom stereocenters. The van der Waals surface area contributed by atoms with Gasteiger partial charge in [-0.15, -0.1) is 11.8 Å². The first-order chi connectivity index (χ1) is 15.0. The van der Waals surface area contributed by atoms with Crippen molar-refractivity contribution in [2.75, 3.05) is 11.6 Å². The largest absolute Gasteiger partial charge is 0.480 e. The molecule has 1 heterocycles. The molecular weight excluding hydrogens is 413 g/mol. The maximum Gasteiger partial charge on any atom is 0.327 e. The van der Waals surface area contributed by atoms with Crippen molar-refractivity contribution in [2.24, 2.45) is 11.8 Å². The number of amides is 1. The van der Waals surface area contributed by atoms with Crippen LogP contribution < -0.4 is 0 Å². The summed E-state index contributed by atoms with van der Waals surface area (Å²) in [6, 6.07) is 9.51. The van der Waals surface area contributed by atoms with Gasteiger partial charge in [-0.05, 0) is 24.8 Å². The van der Waals surface area contributed by atoms with Crippen LogP contribution in [0.15, 0.2) is 48.8 Å². The molecule has 1 aromatic carbocycles. The van der Waals surface area contributed by atoms with Crippen molar-refractivity contribution in [2.45, 2.75) is 60.9 Å². The van der Waals surface area contributed by atoms with E-state index in [1.807, 2.05) is 65.8 Å². The number of carboxylic acid groups (broad SMARTS) is 1. The molecule has 6 heteroatoms. The molecule has 2 rings (SSSR count). The predicted octanol–water partition coefficient (Wildman–Crippen LogP) is 6.89. The molecule has 31 heavy (non-hydrogen) atoms. The summed E-state index contributed by atoms with van der Waals surface area (Å²) in [6.07, 6.45) is 6.46. The molecule has 0 bridgehead atoms. The topological polar surface area (TPSA) is 57.6 Å². The summed E-state index contributed by atoms with van der Waals surface area (Å²) in [5, 5.41) is 9.05. The summed E-state index contributed by atoms with van der Waals surface area (Å²) >= 11 is 1.43.